The minimum absolute atomic E-state index is 0.282. The number of fused-ring (bicyclic) bond motifs is 1. The second-order valence-electron chi connectivity index (χ2n) is 7.17. The maximum Gasteiger partial charge on any atom is 0.266 e. The Morgan fingerprint density at radius 3 is 2.20 bits per heavy atom. The van der Waals surface area contributed by atoms with Gasteiger partial charge in [-0.25, -0.2) is 9.96 Å². The van der Waals surface area contributed by atoms with E-state index in [2.05, 4.69) is 15.9 Å². The summed E-state index contributed by atoms with van der Waals surface area (Å²) in [5, 5.41) is 2.27. The van der Waals surface area contributed by atoms with Crippen molar-refractivity contribution in [1.82, 2.24) is 0 Å². The van der Waals surface area contributed by atoms with Gasteiger partial charge in [0.05, 0.1) is 17.4 Å². The fourth-order valence-corrected chi connectivity index (χ4v) is 4.67. The Morgan fingerprint density at radius 2 is 1.50 bits per heavy atom. The number of benzene rings is 3. The molecule has 5 nitrogen and oxygen atoms in total. The van der Waals surface area contributed by atoms with E-state index in [1.54, 1.807) is 35.4 Å². The summed E-state index contributed by atoms with van der Waals surface area (Å²) in [6.07, 6.45) is -0.898. The van der Waals surface area contributed by atoms with E-state index >= 15 is 0 Å². The third-order valence-corrected chi connectivity index (χ3v) is 6.35. The highest BCUT2D eigenvalue weighted by Crippen LogP contribution is 2.48. The van der Waals surface area contributed by atoms with Crippen molar-refractivity contribution in [3.05, 3.63) is 93.9 Å². The topological polar surface area (TPSA) is 49.9 Å². The van der Waals surface area contributed by atoms with Gasteiger partial charge < -0.3 is 0 Å². The summed E-state index contributed by atoms with van der Waals surface area (Å²) < 4.78 is 0.676. The minimum Gasteiger partial charge on any atom is -0.273 e. The summed E-state index contributed by atoms with van der Waals surface area (Å²) in [5.41, 5.74) is 2.15. The highest BCUT2D eigenvalue weighted by atomic mass is 79.9. The molecule has 0 aliphatic carbocycles. The predicted molar refractivity (Wildman–Crippen MR) is 118 cm³/mol. The highest BCUT2D eigenvalue weighted by Gasteiger charge is 2.60. The number of hydroxylamine groups is 1. The smallest absolute Gasteiger partial charge is 0.266 e. The minimum atomic E-state index is -0.898. The third-order valence-electron chi connectivity index (χ3n) is 5.43. The Morgan fingerprint density at radius 1 is 0.833 bits per heavy atom. The normalized spacial score (nSPS) is 23.2. The molecule has 3 aromatic rings. The molecule has 3 unspecified atom stereocenters. The number of para-hydroxylation sites is 2. The number of carbonyl (C=O) groups is 2. The van der Waals surface area contributed by atoms with Crippen LogP contribution < -0.4 is 9.96 Å². The van der Waals surface area contributed by atoms with Crippen LogP contribution in [0.25, 0.3) is 0 Å². The van der Waals surface area contributed by atoms with Gasteiger partial charge in [0.1, 0.15) is 5.92 Å². The van der Waals surface area contributed by atoms with Crippen molar-refractivity contribution >= 4 is 50.7 Å². The standard InChI is InChI=1S/C23H16BrClN2O3/c24-17-8-4-5-9-18(17)26-22(28)19-20(14-10-12-15(25)13-11-14)27(30-21(19)23(26)29)16-6-2-1-3-7-16/h1-13,19-21H. The molecule has 150 valence electrons. The van der Waals surface area contributed by atoms with Crippen molar-refractivity contribution in [2.24, 2.45) is 5.92 Å². The number of imide groups is 1. The van der Waals surface area contributed by atoms with E-state index in [0.29, 0.717) is 15.2 Å². The molecule has 2 aliphatic heterocycles. The zero-order chi connectivity index (χ0) is 20.8. The van der Waals surface area contributed by atoms with Crippen LogP contribution in [0.15, 0.2) is 83.3 Å². The lowest BCUT2D eigenvalue weighted by molar-refractivity contribution is -0.126. The third kappa shape index (κ3) is 3.03. The summed E-state index contributed by atoms with van der Waals surface area (Å²) in [5.74, 6) is -1.32. The summed E-state index contributed by atoms with van der Waals surface area (Å²) in [4.78, 5) is 34.1. The van der Waals surface area contributed by atoms with Crippen LogP contribution in [0.2, 0.25) is 5.02 Å². The first kappa shape index (κ1) is 19.3. The SMILES string of the molecule is O=C1C2ON(c3ccccc3)C(c3ccc(Cl)cc3)C2C(=O)N1c1ccccc1Br. The van der Waals surface area contributed by atoms with E-state index in [1.165, 1.54) is 4.90 Å². The lowest BCUT2D eigenvalue weighted by Gasteiger charge is -2.29. The number of hydrogen-bond acceptors (Lipinski definition) is 4. The van der Waals surface area contributed by atoms with Crippen molar-refractivity contribution in [3.63, 3.8) is 0 Å². The second kappa shape index (κ2) is 7.54. The zero-order valence-corrected chi connectivity index (χ0v) is 18.0. The van der Waals surface area contributed by atoms with Gasteiger partial charge in [-0.1, -0.05) is 54.1 Å². The molecule has 0 bridgehead atoms. The maximum absolute atomic E-state index is 13.5. The Balaban J connectivity index is 1.60. The number of anilines is 2. The molecule has 0 aromatic heterocycles. The molecular formula is C23H16BrClN2O3. The van der Waals surface area contributed by atoms with Gasteiger partial charge in [-0.2, -0.15) is 0 Å². The van der Waals surface area contributed by atoms with E-state index < -0.39 is 18.1 Å². The van der Waals surface area contributed by atoms with Crippen LogP contribution in [0.4, 0.5) is 11.4 Å². The molecular weight excluding hydrogens is 468 g/mol. The average molecular weight is 484 g/mol. The molecule has 0 spiro atoms. The molecule has 5 rings (SSSR count). The molecule has 2 aliphatic rings. The fourth-order valence-electron chi connectivity index (χ4n) is 4.08. The summed E-state index contributed by atoms with van der Waals surface area (Å²) in [6, 6.07) is 23.5. The van der Waals surface area contributed by atoms with Crippen LogP contribution in [0, 0.1) is 5.92 Å². The van der Waals surface area contributed by atoms with Crippen molar-refractivity contribution in [3.8, 4) is 0 Å². The van der Waals surface area contributed by atoms with Gasteiger partial charge in [0.2, 0.25) is 5.91 Å². The Kier molecular flexibility index (Phi) is 4.85. The Bertz CT molecular complexity index is 1120. The van der Waals surface area contributed by atoms with Gasteiger partial charge in [0.15, 0.2) is 6.10 Å². The number of hydrogen-bond donors (Lipinski definition) is 0. The average Bonchev–Trinajstić information content (AvgIpc) is 3.26. The predicted octanol–water partition coefficient (Wildman–Crippen LogP) is 5.15. The van der Waals surface area contributed by atoms with Gasteiger partial charge >= 0.3 is 0 Å². The van der Waals surface area contributed by atoms with Gasteiger partial charge in [0, 0.05) is 9.50 Å². The molecule has 0 saturated carbocycles. The molecule has 30 heavy (non-hydrogen) atoms. The van der Waals surface area contributed by atoms with Crippen LogP contribution in [0.1, 0.15) is 11.6 Å². The molecule has 0 N–H and O–H groups in total. The first-order valence-electron chi connectivity index (χ1n) is 9.45. The fraction of sp³-hybridized carbons (Fsp3) is 0.130. The number of carbonyl (C=O) groups excluding carboxylic acids is 2. The Hall–Kier alpha value is -2.67. The maximum atomic E-state index is 13.5. The first-order valence-corrected chi connectivity index (χ1v) is 10.6. The molecule has 2 fully saturated rings. The van der Waals surface area contributed by atoms with Crippen molar-refractivity contribution < 1.29 is 14.4 Å². The van der Waals surface area contributed by atoms with Gasteiger partial charge in [-0.15, -0.1) is 0 Å². The lowest BCUT2D eigenvalue weighted by atomic mass is 9.90. The van der Waals surface area contributed by atoms with Crippen LogP contribution in [0.5, 0.6) is 0 Å². The lowest BCUT2D eigenvalue weighted by Crippen LogP contribution is -2.37. The van der Waals surface area contributed by atoms with E-state index in [9.17, 15) is 9.59 Å². The molecule has 2 saturated heterocycles. The number of halogens is 2. The summed E-state index contributed by atoms with van der Waals surface area (Å²) in [6.45, 7) is 0. The largest absolute Gasteiger partial charge is 0.273 e. The van der Waals surface area contributed by atoms with Gasteiger partial charge in [-0.3, -0.25) is 14.4 Å². The molecule has 3 atom stereocenters. The van der Waals surface area contributed by atoms with Crippen molar-refractivity contribution in [1.29, 1.82) is 0 Å². The molecule has 7 heteroatoms. The van der Waals surface area contributed by atoms with Crippen LogP contribution in [0.3, 0.4) is 0 Å². The van der Waals surface area contributed by atoms with Crippen LogP contribution in [-0.2, 0) is 14.4 Å². The van der Waals surface area contributed by atoms with E-state index in [0.717, 1.165) is 11.3 Å². The van der Waals surface area contributed by atoms with Crippen LogP contribution >= 0.6 is 27.5 Å². The van der Waals surface area contributed by atoms with Gasteiger partial charge in [0.25, 0.3) is 5.91 Å². The highest BCUT2D eigenvalue weighted by molar-refractivity contribution is 9.10. The quantitative estimate of drug-likeness (QED) is 0.483. The van der Waals surface area contributed by atoms with E-state index in [1.807, 2.05) is 48.5 Å². The molecule has 2 amide bonds. The molecule has 0 radical (unpaired) electrons. The first-order chi connectivity index (χ1) is 14.6. The van der Waals surface area contributed by atoms with Crippen molar-refractivity contribution in [2.75, 3.05) is 9.96 Å². The number of amides is 2. The summed E-state index contributed by atoms with van der Waals surface area (Å²) >= 11 is 9.52. The molecule has 3 aromatic carbocycles. The monoisotopic (exact) mass is 482 g/mol. The van der Waals surface area contributed by atoms with Gasteiger partial charge in [-0.05, 0) is 57.9 Å². The van der Waals surface area contributed by atoms with Crippen LogP contribution in [-0.4, -0.2) is 17.9 Å². The number of nitrogens with zero attached hydrogens (tertiary/aromatic N) is 2. The molecule has 2 heterocycles. The Labute approximate surface area is 186 Å². The van der Waals surface area contributed by atoms with Crippen molar-refractivity contribution in [2.45, 2.75) is 12.1 Å². The second-order valence-corrected chi connectivity index (χ2v) is 8.46. The van der Waals surface area contributed by atoms with E-state index in [-0.39, 0.29) is 11.8 Å². The zero-order valence-electron chi connectivity index (χ0n) is 15.6. The number of rotatable bonds is 3. The summed E-state index contributed by atoms with van der Waals surface area (Å²) in [7, 11) is 0. The van der Waals surface area contributed by atoms with E-state index in [4.69, 9.17) is 16.4 Å².